The lowest BCUT2D eigenvalue weighted by atomic mass is 10.3. The van der Waals surface area contributed by atoms with Gasteiger partial charge in [-0.3, -0.25) is 9.67 Å². The highest BCUT2D eigenvalue weighted by Crippen LogP contribution is 2.06. The number of aryl methyl sites for hydroxylation is 2. The Labute approximate surface area is 88.1 Å². The molecular formula is C10H13N5. The Bertz CT molecular complexity index is 431. The van der Waals surface area contributed by atoms with Crippen LogP contribution < -0.4 is 5.32 Å². The molecule has 0 aliphatic heterocycles. The summed E-state index contributed by atoms with van der Waals surface area (Å²) in [6.45, 7) is 2.63. The van der Waals surface area contributed by atoms with E-state index in [0.717, 1.165) is 17.1 Å². The third kappa shape index (κ3) is 2.52. The lowest BCUT2D eigenvalue weighted by Gasteiger charge is -2.02. The van der Waals surface area contributed by atoms with Crippen LogP contribution in [0.5, 0.6) is 0 Å². The van der Waals surface area contributed by atoms with Crippen LogP contribution in [0.4, 0.5) is 5.69 Å². The Morgan fingerprint density at radius 3 is 2.87 bits per heavy atom. The van der Waals surface area contributed by atoms with Gasteiger partial charge in [0.1, 0.15) is 5.69 Å². The summed E-state index contributed by atoms with van der Waals surface area (Å²) in [5.74, 6) is 0. The Balaban J connectivity index is 1.96. The van der Waals surface area contributed by atoms with E-state index in [9.17, 15) is 0 Å². The molecule has 0 aliphatic carbocycles. The SMILES string of the molecule is Cc1ccc(NCc2cn(C)nn2)cn1. The summed E-state index contributed by atoms with van der Waals surface area (Å²) in [5, 5.41) is 11.1. The number of rotatable bonds is 3. The molecule has 0 aliphatic rings. The van der Waals surface area contributed by atoms with Crippen molar-refractivity contribution in [3.8, 4) is 0 Å². The van der Waals surface area contributed by atoms with Crippen LogP contribution in [0.15, 0.2) is 24.5 Å². The number of hydrogen-bond acceptors (Lipinski definition) is 4. The molecule has 0 bridgehead atoms. The van der Waals surface area contributed by atoms with Crippen molar-refractivity contribution in [1.82, 2.24) is 20.0 Å². The van der Waals surface area contributed by atoms with E-state index in [-0.39, 0.29) is 0 Å². The fourth-order valence-corrected chi connectivity index (χ4v) is 1.24. The zero-order valence-electron chi connectivity index (χ0n) is 8.81. The molecule has 0 amide bonds. The fraction of sp³-hybridized carbons (Fsp3) is 0.300. The minimum Gasteiger partial charge on any atom is -0.378 e. The predicted octanol–water partition coefficient (Wildman–Crippen LogP) is 1.13. The quantitative estimate of drug-likeness (QED) is 0.812. The highest BCUT2D eigenvalue weighted by atomic mass is 15.4. The average molecular weight is 203 g/mol. The molecule has 5 heteroatoms. The number of hydrogen-bond donors (Lipinski definition) is 1. The zero-order chi connectivity index (χ0) is 10.7. The van der Waals surface area contributed by atoms with Crippen LogP contribution in [-0.2, 0) is 13.6 Å². The molecule has 2 rings (SSSR count). The molecule has 2 heterocycles. The van der Waals surface area contributed by atoms with E-state index < -0.39 is 0 Å². The Morgan fingerprint density at radius 2 is 2.27 bits per heavy atom. The van der Waals surface area contributed by atoms with E-state index >= 15 is 0 Å². The van der Waals surface area contributed by atoms with Gasteiger partial charge < -0.3 is 5.32 Å². The number of nitrogens with zero attached hydrogens (tertiary/aromatic N) is 4. The molecular weight excluding hydrogens is 190 g/mol. The Hall–Kier alpha value is -1.91. The van der Waals surface area contributed by atoms with Gasteiger partial charge in [-0.2, -0.15) is 0 Å². The van der Waals surface area contributed by atoms with E-state index in [2.05, 4.69) is 20.6 Å². The third-order valence-electron chi connectivity index (χ3n) is 2.04. The summed E-state index contributed by atoms with van der Waals surface area (Å²) in [4.78, 5) is 4.19. The molecule has 0 saturated heterocycles. The van der Waals surface area contributed by atoms with E-state index in [1.54, 1.807) is 4.68 Å². The largest absolute Gasteiger partial charge is 0.378 e. The number of pyridine rings is 1. The monoisotopic (exact) mass is 203 g/mol. The fourth-order valence-electron chi connectivity index (χ4n) is 1.24. The van der Waals surface area contributed by atoms with Crippen molar-refractivity contribution in [3.63, 3.8) is 0 Å². The molecule has 1 N–H and O–H groups in total. The van der Waals surface area contributed by atoms with Gasteiger partial charge in [-0.25, -0.2) is 0 Å². The maximum atomic E-state index is 4.19. The van der Waals surface area contributed by atoms with Gasteiger partial charge in [0, 0.05) is 18.9 Å². The van der Waals surface area contributed by atoms with Crippen LogP contribution >= 0.6 is 0 Å². The Kier molecular flexibility index (Phi) is 2.62. The molecule has 0 spiro atoms. The zero-order valence-corrected chi connectivity index (χ0v) is 8.81. The van der Waals surface area contributed by atoms with Gasteiger partial charge in [0.15, 0.2) is 0 Å². The van der Waals surface area contributed by atoms with Gasteiger partial charge in [0.2, 0.25) is 0 Å². The first kappa shape index (κ1) is 9.64. The molecule has 0 radical (unpaired) electrons. The summed E-state index contributed by atoms with van der Waals surface area (Å²) < 4.78 is 1.68. The number of aromatic nitrogens is 4. The smallest absolute Gasteiger partial charge is 0.102 e. The van der Waals surface area contributed by atoms with E-state index in [1.165, 1.54) is 0 Å². The topological polar surface area (TPSA) is 55.6 Å². The van der Waals surface area contributed by atoms with Crippen LogP contribution in [0, 0.1) is 6.92 Å². The number of anilines is 1. The second-order valence-corrected chi connectivity index (χ2v) is 3.43. The van der Waals surface area contributed by atoms with Crippen molar-refractivity contribution < 1.29 is 0 Å². The maximum Gasteiger partial charge on any atom is 0.102 e. The van der Waals surface area contributed by atoms with Crippen LogP contribution in [-0.4, -0.2) is 20.0 Å². The van der Waals surface area contributed by atoms with E-state index in [0.29, 0.717) is 6.54 Å². The van der Waals surface area contributed by atoms with Crippen LogP contribution in [0.25, 0.3) is 0 Å². The molecule has 2 aromatic heterocycles. The molecule has 0 atom stereocenters. The summed E-state index contributed by atoms with van der Waals surface area (Å²) >= 11 is 0. The molecule has 5 nitrogen and oxygen atoms in total. The molecule has 0 saturated carbocycles. The van der Waals surface area contributed by atoms with E-state index in [4.69, 9.17) is 0 Å². The van der Waals surface area contributed by atoms with Gasteiger partial charge in [-0.15, -0.1) is 5.10 Å². The highest BCUT2D eigenvalue weighted by molar-refractivity contribution is 5.40. The van der Waals surface area contributed by atoms with Gasteiger partial charge in [-0.1, -0.05) is 5.21 Å². The second-order valence-electron chi connectivity index (χ2n) is 3.43. The molecule has 78 valence electrons. The van der Waals surface area contributed by atoms with Crippen molar-refractivity contribution in [3.05, 3.63) is 35.9 Å². The lowest BCUT2D eigenvalue weighted by Crippen LogP contribution is -2.00. The van der Waals surface area contributed by atoms with Crippen molar-refractivity contribution in [1.29, 1.82) is 0 Å². The van der Waals surface area contributed by atoms with Crippen molar-refractivity contribution in [2.75, 3.05) is 5.32 Å². The minimum atomic E-state index is 0.665. The predicted molar refractivity (Wildman–Crippen MR) is 57.3 cm³/mol. The van der Waals surface area contributed by atoms with Crippen molar-refractivity contribution in [2.24, 2.45) is 7.05 Å². The van der Waals surface area contributed by atoms with Gasteiger partial charge in [-0.05, 0) is 19.1 Å². The lowest BCUT2D eigenvalue weighted by molar-refractivity contribution is 0.713. The van der Waals surface area contributed by atoms with E-state index in [1.807, 2.05) is 38.5 Å². The molecule has 15 heavy (non-hydrogen) atoms. The second kappa shape index (κ2) is 4.08. The summed E-state index contributed by atoms with van der Waals surface area (Å²) in [6.07, 6.45) is 3.69. The highest BCUT2D eigenvalue weighted by Gasteiger charge is 1.98. The van der Waals surface area contributed by atoms with Crippen LogP contribution in [0.1, 0.15) is 11.4 Å². The van der Waals surface area contributed by atoms with Crippen LogP contribution in [0.3, 0.4) is 0 Å². The van der Waals surface area contributed by atoms with Crippen LogP contribution in [0.2, 0.25) is 0 Å². The average Bonchev–Trinajstić information content (AvgIpc) is 2.64. The minimum absolute atomic E-state index is 0.665. The molecule has 2 aromatic rings. The van der Waals surface area contributed by atoms with Crippen molar-refractivity contribution in [2.45, 2.75) is 13.5 Å². The van der Waals surface area contributed by atoms with Gasteiger partial charge in [0.25, 0.3) is 0 Å². The first-order valence-corrected chi connectivity index (χ1v) is 4.76. The Morgan fingerprint density at radius 1 is 1.40 bits per heavy atom. The summed E-state index contributed by atoms with van der Waals surface area (Å²) in [6, 6.07) is 3.97. The maximum absolute atomic E-state index is 4.19. The standard InChI is InChI=1S/C10H13N5/c1-8-3-4-9(5-11-8)12-6-10-7-15(2)14-13-10/h3-5,7,12H,6H2,1-2H3. The normalized spacial score (nSPS) is 10.3. The molecule has 0 aromatic carbocycles. The van der Waals surface area contributed by atoms with Gasteiger partial charge >= 0.3 is 0 Å². The van der Waals surface area contributed by atoms with Gasteiger partial charge in [0.05, 0.1) is 18.4 Å². The molecule has 0 unspecified atom stereocenters. The third-order valence-corrected chi connectivity index (χ3v) is 2.04. The molecule has 0 fully saturated rings. The first-order valence-electron chi connectivity index (χ1n) is 4.76. The number of nitrogens with one attached hydrogen (secondary N) is 1. The summed E-state index contributed by atoms with van der Waals surface area (Å²) in [5.41, 5.74) is 2.92. The summed E-state index contributed by atoms with van der Waals surface area (Å²) in [7, 11) is 1.85. The first-order chi connectivity index (χ1) is 7.24. The van der Waals surface area contributed by atoms with Crippen molar-refractivity contribution >= 4 is 5.69 Å².